The van der Waals surface area contributed by atoms with Gasteiger partial charge in [-0.25, -0.2) is 0 Å². The molecule has 1 heterocycles. The van der Waals surface area contributed by atoms with Crippen molar-refractivity contribution in [1.29, 1.82) is 0 Å². The molecule has 0 spiro atoms. The maximum atomic E-state index is 11.2. The van der Waals surface area contributed by atoms with Crippen molar-refractivity contribution in [2.24, 2.45) is 23.2 Å². The number of fused-ring (bicyclic) bond motifs is 1. The number of ether oxygens (including phenoxy) is 3. The summed E-state index contributed by atoms with van der Waals surface area (Å²) in [5.74, 6) is -0.134. The first kappa shape index (κ1) is 24.6. The lowest BCUT2D eigenvalue weighted by Crippen LogP contribution is -2.62. The highest BCUT2D eigenvalue weighted by atomic mass is 16.7. The van der Waals surface area contributed by atoms with E-state index in [1.54, 1.807) is 0 Å². The second kappa shape index (κ2) is 9.45. The third-order valence-corrected chi connectivity index (χ3v) is 7.66. The summed E-state index contributed by atoms with van der Waals surface area (Å²) in [4.78, 5) is 11.2. The zero-order valence-electron chi connectivity index (χ0n) is 19.1. The van der Waals surface area contributed by atoms with Gasteiger partial charge in [-0.1, -0.05) is 32.4 Å². The van der Waals surface area contributed by atoms with Crippen LogP contribution in [0.4, 0.5) is 0 Å². The molecule has 0 bridgehead atoms. The quantitative estimate of drug-likeness (QED) is 0.369. The number of carbonyl (C=O) groups is 1. The number of carbonyl (C=O) groups excluding carboxylic acids is 1. The van der Waals surface area contributed by atoms with Gasteiger partial charge >= 0.3 is 5.97 Å². The van der Waals surface area contributed by atoms with E-state index in [1.807, 2.05) is 6.92 Å². The zero-order chi connectivity index (χ0) is 23.1. The van der Waals surface area contributed by atoms with Crippen LogP contribution in [-0.2, 0) is 19.0 Å². The average molecular weight is 443 g/mol. The number of aliphatic hydroxyl groups is 4. The van der Waals surface area contributed by atoms with Crippen molar-refractivity contribution in [3.8, 4) is 0 Å². The molecule has 3 aliphatic rings. The summed E-state index contributed by atoms with van der Waals surface area (Å²) in [6.45, 7) is 9.38. The van der Waals surface area contributed by atoms with Crippen LogP contribution >= 0.6 is 0 Å². The number of aliphatic hydroxyl groups excluding tert-OH is 4. The molecule has 0 aromatic heterocycles. The number of esters is 1. The van der Waals surface area contributed by atoms with Gasteiger partial charge in [0.25, 0.3) is 0 Å². The molecule has 2 fully saturated rings. The lowest BCUT2D eigenvalue weighted by Gasteiger charge is -2.55. The Hall–Kier alpha value is -1.03. The fraction of sp³-hybridized carbons (Fsp3) is 0.870. The summed E-state index contributed by atoms with van der Waals surface area (Å²) in [6, 6.07) is 0. The van der Waals surface area contributed by atoms with E-state index in [9.17, 15) is 25.2 Å². The predicted octanol–water partition coefficient (Wildman–Crippen LogP) is 1.14. The second-order valence-electron chi connectivity index (χ2n) is 10.0. The lowest BCUT2D eigenvalue weighted by atomic mass is 9.54. The van der Waals surface area contributed by atoms with Crippen molar-refractivity contribution < 1.29 is 39.4 Å². The maximum absolute atomic E-state index is 11.2. The van der Waals surface area contributed by atoms with Crippen molar-refractivity contribution in [3.63, 3.8) is 0 Å². The molecule has 0 amide bonds. The van der Waals surface area contributed by atoms with Crippen LogP contribution in [0.5, 0.6) is 0 Å². The van der Waals surface area contributed by atoms with Gasteiger partial charge in [-0.05, 0) is 38.0 Å². The van der Waals surface area contributed by atoms with Crippen molar-refractivity contribution >= 4 is 5.97 Å². The van der Waals surface area contributed by atoms with E-state index in [4.69, 9.17) is 14.2 Å². The normalized spacial score (nSPS) is 45.7. The molecule has 1 saturated carbocycles. The fourth-order valence-corrected chi connectivity index (χ4v) is 5.68. The number of hydrogen-bond donors (Lipinski definition) is 4. The number of hydrogen-bond acceptors (Lipinski definition) is 8. The van der Waals surface area contributed by atoms with Crippen LogP contribution in [-0.4, -0.2) is 75.9 Å². The van der Waals surface area contributed by atoms with Gasteiger partial charge in [-0.3, -0.25) is 4.79 Å². The first-order valence-corrected chi connectivity index (χ1v) is 11.3. The van der Waals surface area contributed by atoms with Crippen LogP contribution in [0.3, 0.4) is 0 Å². The third-order valence-electron chi connectivity index (χ3n) is 7.66. The van der Waals surface area contributed by atoms with Crippen molar-refractivity contribution in [2.45, 2.75) is 96.8 Å². The summed E-state index contributed by atoms with van der Waals surface area (Å²) < 4.78 is 17.1. The van der Waals surface area contributed by atoms with Gasteiger partial charge in [0.2, 0.25) is 0 Å². The highest BCUT2D eigenvalue weighted by molar-refractivity contribution is 5.65. The molecule has 1 saturated heterocycles. The van der Waals surface area contributed by atoms with Gasteiger partial charge in [0.05, 0.1) is 12.2 Å². The van der Waals surface area contributed by atoms with E-state index in [2.05, 4.69) is 26.8 Å². The first-order chi connectivity index (χ1) is 14.5. The van der Waals surface area contributed by atoms with Crippen molar-refractivity contribution in [1.82, 2.24) is 0 Å². The Morgan fingerprint density at radius 1 is 1.23 bits per heavy atom. The monoisotopic (exact) mass is 442 g/mol. The van der Waals surface area contributed by atoms with Crippen LogP contribution in [0.15, 0.2) is 11.6 Å². The molecule has 178 valence electrons. The Morgan fingerprint density at radius 2 is 1.90 bits per heavy atom. The molecular weight excluding hydrogens is 404 g/mol. The van der Waals surface area contributed by atoms with Gasteiger partial charge in [0.15, 0.2) is 6.29 Å². The molecule has 31 heavy (non-hydrogen) atoms. The van der Waals surface area contributed by atoms with Crippen LogP contribution in [0.25, 0.3) is 0 Å². The van der Waals surface area contributed by atoms with E-state index in [1.165, 1.54) is 6.92 Å². The smallest absolute Gasteiger partial charge is 0.302 e. The molecule has 10 unspecified atom stereocenters. The summed E-state index contributed by atoms with van der Waals surface area (Å²) in [6.07, 6.45) is -3.02. The SMILES string of the molecule is CC(=O)OCC1OC(OC2C(C(C)C)CCC3(C)C(O)CC=C(C)C23)C(O)C(O)C1O. The summed E-state index contributed by atoms with van der Waals surface area (Å²) in [5.41, 5.74) is 0.787. The highest BCUT2D eigenvalue weighted by Crippen LogP contribution is 2.54. The molecule has 1 aliphatic heterocycles. The van der Waals surface area contributed by atoms with E-state index >= 15 is 0 Å². The van der Waals surface area contributed by atoms with E-state index in [0.717, 1.165) is 18.4 Å². The lowest BCUT2D eigenvalue weighted by molar-refractivity contribution is -0.326. The summed E-state index contributed by atoms with van der Waals surface area (Å²) in [7, 11) is 0. The largest absolute Gasteiger partial charge is 0.463 e. The van der Waals surface area contributed by atoms with Gasteiger partial charge in [0, 0.05) is 18.3 Å². The van der Waals surface area contributed by atoms with Crippen molar-refractivity contribution in [2.75, 3.05) is 6.61 Å². The Kier molecular flexibility index (Phi) is 7.50. The van der Waals surface area contributed by atoms with Gasteiger partial charge in [-0.2, -0.15) is 0 Å². The molecule has 4 N–H and O–H groups in total. The molecule has 0 radical (unpaired) electrons. The molecule has 0 aromatic rings. The maximum Gasteiger partial charge on any atom is 0.302 e. The van der Waals surface area contributed by atoms with E-state index in [0.29, 0.717) is 12.3 Å². The van der Waals surface area contributed by atoms with Crippen LogP contribution in [0, 0.1) is 23.2 Å². The molecular formula is C23H38O8. The minimum Gasteiger partial charge on any atom is -0.463 e. The Morgan fingerprint density at radius 3 is 2.52 bits per heavy atom. The average Bonchev–Trinajstić information content (AvgIpc) is 2.70. The topological polar surface area (TPSA) is 126 Å². The minimum atomic E-state index is -1.50. The standard InChI is InChI=1S/C23H38O8/c1-11(2)14-8-9-23(5)16(25)7-6-12(3)17(23)21(14)31-22-20(28)19(27)18(26)15(30-22)10-29-13(4)24/h6,11,14-22,25-28H,7-10H2,1-5H3. The van der Waals surface area contributed by atoms with Gasteiger partial charge in [0.1, 0.15) is 31.0 Å². The fourth-order valence-electron chi connectivity index (χ4n) is 5.68. The minimum absolute atomic E-state index is 0.0656. The van der Waals surface area contributed by atoms with E-state index < -0.39 is 42.8 Å². The highest BCUT2D eigenvalue weighted by Gasteiger charge is 2.55. The molecule has 8 nitrogen and oxygen atoms in total. The summed E-state index contributed by atoms with van der Waals surface area (Å²) in [5, 5.41) is 42.1. The van der Waals surface area contributed by atoms with Crippen LogP contribution < -0.4 is 0 Å². The molecule has 2 aliphatic carbocycles. The molecule has 10 atom stereocenters. The zero-order valence-corrected chi connectivity index (χ0v) is 19.1. The van der Waals surface area contributed by atoms with Crippen molar-refractivity contribution in [3.05, 3.63) is 11.6 Å². The first-order valence-electron chi connectivity index (χ1n) is 11.3. The molecule has 3 rings (SSSR count). The number of rotatable bonds is 5. The van der Waals surface area contributed by atoms with Gasteiger partial charge in [-0.15, -0.1) is 0 Å². The van der Waals surface area contributed by atoms with Crippen LogP contribution in [0.1, 0.15) is 53.9 Å². The molecule has 8 heteroatoms. The Bertz CT molecular complexity index is 678. The van der Waals surface area contributed by atoms with Gasteiger partial charge < -0.3 is 34.6 Å². The predicted molar refractivity (Wildman–Crippen MR) is 112 cm³/mol. The van der Waals surface area contributed by atoms with E-state index in [-0.39, 0.29) is 30.0 Å². The Balaban J connectivity index is 1.87. The second-order valence-corrected chi connectivity index (χ2v) is 10.0. The Labute approximate surface area is 184 Å². The molecule has 0 aromatic carbocycles. The summed E-state index contributed by atoms with van der Waals surface area (Å²) >= 11 is 0. The van der Waals surface area contributed by atoms with Crippen LogP contribution in [0.2, 0.25) is 0 Å². The third kappa shape index (κ3) is 4.70.